The van der Waals surface area contributed by atoms with Gasteiger partial charge in [-0.3, -0.25) is 0 Å². The number of halogens is 31. The van der Waals surface area contributed by atoms with E-state index in [1.807, 2.05) is 0 Å². The van der Waals surface area contributed by atoms with Gasteiger partial charge in [-0.25, -0.2) is 0 Å². The van der Waals surface area contributed by atoms with Gasteiger partial charge in [0.05, 0.1) is 10.3 Å². The summed E-state index contributed by atoms with van der Waals surface area (Å²) < 4.78 is 393. The predicted octanol–water partition coefficient (Wildman–Crippen LogP) is 10.9. The van der Waals surface area contributed by atoms with Crippen LogP contribution in [0.1, 0.15) is 6.42 Å². The molecule has 0 amide bonds. The zero-order valence-corrected chi connectivity index (χ0v) is 22.2. The average Bonchev–Trinajstić information content (AvgIpc) is 2.80. The van der Waals surface area contributed by atoms with Gasteiger partial charge in [-0.05, 0) is 0 Å². The Balaban J connectivity index is 7.46. The van der Waals surface area contributed by atoms with Crippen molar-refractivity contribution in [3.8, 4) is 0 Å². The maximum absolute atomic E-state index is 13.8. The van der Waals surface area contributed by atoms with Crippen molar-refractivity contribution in [2.45, 2.75) is 93.8 Å². The van der Waals surface area contributed by atoms with E-state index < -0.39 is 116 Å². The van der Waals surface area contributed by atoms with Crippen LogP contribution in [-0.2, 0) is 0 Å². The molecule has 0 radical (unpaired) electrons. The van der Waals surface area contributed by atoms with Crippen molar-refractivity contribution in [1.82, 2.24) is 0 Å². The van der Waals surface area contributed by atoms with E-state index in [0.29, 0.717) is 0 Å². The molecule has 0 N–H and O–H groups in total. The zero-order chi connectivity index (χ0) is 39.3. The molecule has 0 aromatic carbocycles. The summed E-state index contributed by atoms with van der Waals surface area (Å²) in [6.45, 7) is 0. The molecule has 0 aliphatic heterocycles. The summed E-state index contributed by atoms with van der Waals surface area (Å²) in [6.07, 6.45) is -17.9. The van der Waals surface area contributed by atoms with E-state index in [1.165, 1.54) is 0 Å². The van der Waals surface area contributed by atoms with Gasteiger partial charge in [-0.15, -0.1) is 0 Å². The van der Waals surface area contributed by atoms with Crippen LogP contribution in [0.25, 0.3) is 0 Å². The summed E-state index contributed by atoms with van der Waals surface area (Å²) in [5.74, 6) is -112. The Morgan fingerprint density at radius 3 is 0.617 bits per heavy atom. The van der Waals surface area contributed by atoms with E-state index in [0.717, 1.165) is 0 Å². The standard InChI is InChI=1S/C16H3F30I/c17-3(18,19)1-2(47)4(20,21)5(22,23)6(24,25)7(26,27)8(28,29)9(30,31)10(32,33)11(34,35)12(36,37)13(38,39)14(40,41)15(42,43)16(44,45)46/h2H,1H2. The van der Waals surface area contributed by atoms with E-state index in [2.05, 4.69) is 0 Å². The highest BCUT2D eigenvalue weighted by atomic mass is 127. The van der Waals surface area contributed by atoms with Gasteiger partial charge in [0.1, 0.15) is 0 Å². The van der Waals surface area contributed by atoms with Crippen LogP contribution in [0.4, 0.5) is 132 Å². The summed E-state index contributed by atoms with van der Waals surface area (Å²) in [5.41, 5.74) is 0. The minimum atomic E-state index is -9.90. The van der Waals surface area contributed by atoms with Crippen LogP contribution in [0, 0.1) is 0 Å². The quantitative estimate of drug-likeness (QED) is 0.0982. The predicted molar refractivity (Wildman–Crippen MR) is 93.9 cm³/mol. The number of hydrogen-bond donors (Lipinski definition) is 0. The van der Waals surface area contributed by atoms with Gasteiger partial charge < -0.3 is 0 Å². The maximum atomic E-state index is 13.8. The Hall–Kier alpha value is -1.37. The fourth-order valence-electron chi connectivity index (χ4n) is 2.69. The van der Waals surface area contributed by atoms with Crippen molar-refractivity contribution in [2.75, 3.05) is 0 Å². The molecule has 47 heavy (non-hydrogen) atoms. The van der Waals surface area contributed by atoms with Crippen molar-refractivity contribution in [3.63, 3.8) is 0 Å². The Morgan fingerprint density at radius 2 is 0.447 bits per heavy atom. The minimum absolute atomic E-state index is 0.626. The van der Waals surface area contributed by atoms with Crippen LogP contribution >= 0.6 is 22.6 Å². The molecular formula is C16H3F30I. The largest absolute Gasteiger partial charge is 0.460 e. The lowest BCUT2D eigenvalue weighted by Gasteiger charge is -2.46. The molecule has 1 unspecified atom stereocenters. The third kappa shape index (κ3) is 5.86. The summed E-state index contributed by atoms with van der Waals surface area (Å²) in [5, 5.41) is 0. The average molecular weight is 892 g/mol. The van der Waals surface area contributed by atoms with Gasteiger partial charge in [-0.2, -0.15) is 132 Å². The lowest BCUT2D eigenvalue weighted by Crippen LogP contribution is -2.79. The summed E-state index contributed by atoms with van der Waals surface area (Å²) >= 11 is -0.626. The van der Waals surface area contributed by atoms with Crippen molar-refractivity contribution < 1.29 is 132 Å². The second kappa shape index (κ2) is 11.3. The summed E-state index contributed by atoms with van der Waals surface area (Å²) in [6, 6.07) is 0. The minimum Gasteiger partial charge on any atom is -0.198 e. The first kappa shape index (κ1) is 45.6. The topological polar surface area (TPSA) is 0 Å². The van der Waals surface area contributed by atoms with Crippen molar-refractivity contribution in [2.24, 2.45) is 0 Å². The smallest absolute Gasteiger partial charge is 0.198 e. The van der Waals surface area contributed by atoms with E-state index in [9.17, 15) is 132 Å². The fraction of sp³-hybridized carbons (Fsp3) is 1.00. The molecule has 0 aliphatic carbocycles. The zero-order valence-electron chi connectivity index (χ0n) is 20.0. The fourth-order valence-corrected chi connectivity index (χ4v) is 3.58. The first-order chi connectivity index (χ1) is 19.6. The van der Waals surface area contributed by atoms with E-state index in [4.69, 9.17) is 0 Å². The van der Waals surface area contributed by atoms with Crippen molar-refractivity contribution in [1.29, 1.82) is 0 Å². The van der Waals surface area contributed by atoms with Gasteiger partial charge in [0.2, 0.25) is 0 Å². The number of rotatable bonds is 13. The van der Waals surface area contributed by atoms with E-state index in [1.54, 1.807) is 0 Å². The summed E-state index contributed by atoms with van der Waals surface area (Å²) in [4.78, 5) is 0. The second-order valence-electron chi connectivity index (χ2n) is 8.73. The molecule has 284 valence electrons. The van der Waals surface area contributed by atoms with Crippen LogP contribution in [0.5, 0.6) is 0 Å². The highest BCUT2D eigenvalue weighted by Crippen LogP contribution is 2.68. The molecule has 0 bridgehead atoms. The molecule has 0 rings (SSSR count). The Bertz CT molecular complexity index is 1120. The van der Waals surface area contributed by atoms with Gasteiger partial charge in [0.15, 0.2) is 0 Å². The normalized spacial score (nSPS) is 17.7. The van der Waals surface area contributed by atoms with E-state index >= 15 is 0 Å². The highest BCUT2D eigenvalue weighted by Gasteiger charge is 3.00. The Labute approximate surface area is 248 Å². The van der Waals surface area contributed by atoms with Crippen LogP contribution < -0.4 is 0 Å². The molecule has 31 heteroatoms. The molecule has 0 aromatic rings. The first-order valence-electron chi connectivity index (χ1n) is 9.94. The van der Waals surface area contributed by atoms with Crippen molar-refractivity contribution in [3.05, 3.63) is 0 Å². The van der Waals surface area contributed by atoms with Gasteiger partial charge in [0.25, 0.3) is 0 Å². The molecule has 0 fully saturated rings. The maximum Gasteiger partial charge on any atom is 0.460 e. The molecule has 0 heterocycles. The lowest BCUT2D eigenvalue weighted by atomic mass is 9.83. The second-order valence-corrected chi connectivity index (χ2v) is 10.2. The molecule has 0 saturated carbocycles. The molecular weight excluding hydrogens is 889 g/mol. The Kier molecular flexibility index (Phi) is 11.0. The van der Waals surface area contributed by atoms with Crippen LogP contribution in [0.15, 0.2) is 0 Å². The van der Waals surface area contributed by atoms with Gasteiger partial charge in [-0.1, -0.05) is 22.6 Å². The molecule has 0 aliphatic rings. The molecule has 0 saturated heterocycles. The van der Waals surface area contributed by atoms with Crippen molar-refractivity contribution >= 4 is 22.6 Å². The van der Waals surface area contributed by atoms with Gasteiger partial charge >= 0.3 is 83.4 Å². The monoisotopic (exact) mass is 892 g/mol. The first-order valence-corrected chi connectivity index (χ1v) is 11.2. The third-order valence-corrected chi connectivity index (χ3v) is 6.74. The third-order valence-electron chi connectivity index (χ3n) is 5.52. The molecule has 0 spiro atoms. The number of alkyl halides is 31. The number of hydrogen-bond acceptors (Lipinski definition) is 0. The summed E-state index contributed by atoms with van der Waals surface area (Å²) in [7, 11) is 0. The lowest BCUT2D eigenvalue weighted by molar-refractivity contribution is -0.484. The SMILES string of the molecule is FC(F)(F)CC(I)C(F)(F)C(F)(F)C(F)(F)C(F)(F)C(F)(F)C(F)(F)C(F)(F)C(F)(F)C(F)(F)C(F)(F)C(F)(F)C(F)(F)C(F)(F)F. The van der Waals surface area contributed by atoms with E-state index in [-0.39, 0.29) is 0 Å². The molecule has 0 nitrogen and oxygen atoms in total. The molecule has 1 atom stereocenters. The highest BCUT2D eigenvalue weighted by molar-refractivity contribution is 14.1. The molecule has 0 aromatic heterocycles. The Morgan fingerprint density at radius 1 is 0.277 bits per heavy atom. The van der Waals surface area contributed by atoms with Crippen LogP contribution in [0.3, 0.4) is 0 Å². The van der Waals surface area contributed by atoms with Crippen LogP contribution in [-0.4, -0.2) is 87.3 Å². The van der Waals surface area contributed by atoms with Gasteiger partial charge in [0, 0.05) is 0 Å². The van der Waals surface area contributed by atoms with Crippen LogP contribution in [0.2, 0.25) is 0 Å².